The number of rotatable bonds is 5. The molecule has 0 spiro atoms. The van der Waals surface area contributed by atoms with Gasteiger partial charge in [0.1, 0.15) is 11.3 Å². The average molecular weight is 427 g/mol. The lowest BCUT2D eigenvalue weighted by atomic mass is 10.1. The van der Waals surface area contributed by atoms with Crippen molar-refractivity contribution in [2.75, 3.05) is 31.6 Å². The van der Waals surface area contributed by atoms with Gasteiger partial charge in [-0.15, -0.1) is 0 Å². The van der Waals surface area contributed by atoms with Crippen LogP contribution in [0, 0.1) is 5.82 Å². The number of H-pyrrole nitrogens is 1. The number of nitrogens with one attached hydrogen (secondary N) is 2. The van der Waals surface area contributed by atoms with E-state index in [1.165, 1.54) is 13.1 Å². The number of hydrogen-bond acceptors (Lipinski definition) is 6. The number of carbonyl (C=O) groups excluding carboxylic acids is 1. The van der Waals surface area contributed by atoms with Crippen LogP contribution in [-0.2, 0) is 13.0 Å². The van der Waals surface area contributed by atoms with Crippen molar-refractivity contribution >= 4 is 17.2 Å². The van der Waals surface area contributed by atoms with E-state index in [9.17, 15) is 14.0 Å². The van der Waals surface area contributed by atoms with Crippen molar-refractivity contribution in [3.63, 3.8) is 0 Å². The Morgan fingerprint density at radius 2 is 2.16 bits per heavy atom. The predicted octanol–water partition coefficient (Wildman–Crippen LogP) is 1.19. The maximum atomic E-state index is 14.3. The van der Waals surface area contributed by atoms with E-state index in [0.29, 0.717) is 30.0 Å². The SMILES string of the molecule is CCc1nn2cc(CN3CCN(c4cnc(C(=O)NC)c(F)c4)C(C)C3)cc2[nH]c1=O. The number of amides is 1. The average Bonchev–Trinajstić information content (AvgIpc) is 3.13. The molecule has 3 aromatic heterocycles. The molecule has 1 aliphatic heterocycles. The molecule has 1 unspecified atom stereocenters. The molecule has 3 aromatic rings. The van der Waals surface area contributed by atoms with Crippen molar-refractivity contribution in [2.45, 2.75) is 32.9 Å². The second-order valence-corrected chi connectivity index (χ2v) is 7.81. The third-order valence-electron chi connectivity index (χ3n) is 5.64. The highest BCUT2D eigenvalue weighted by atomic mass is 19.1. The predicted molar refractivity (Wildman–Crippen MR) is 115 cm³/mol. The van der Waals surface area contributed by atoms with E-state index < -0.39 is 11.7 Å². The molecule has 10 heteroatoms. The number of anilines is 1. The first-order chi connectivity index (χ1) is 14.9. The molecular formula is C21H26FN7O2. The molecule has 0 aromatic carbocycles. The van der Waals surface area contributed by atoms with Crippen LogP contribution in [-0.4, -0.2) is 63.1 Å². The Labute approximate surface area is 178 Å². The summed E-state index contributed by atoms with van der Waals surface area (Å²) in [7, 11) is 1.45. The van der Waals surface area contributed by atoms with Crippen molar-refractivity contribution in [3.8, 4) is 0 Å². The highest BCUT2D eigenvalue weighted by Crippen LogP contribution is 2.23. The van der Waals surface area contributed by atoms with Gasteiger partial charge in [-0.25, -0.2) is 13.9 Å². The second kappa shape index (κ2) is 8.46. The van der Waals surface area contributed by atoms with E-state index in [-0.39, 0.29) is 17.3 Å². The minimum absolute atomic E-state index is 0.141. The van der Waals surface area contributed by atoms with E-state index in [1.807, 2.05) is 19.2 Å². The summed E-state index contributed by atoms with van der Waals surface area (Å²) in [6, 6.07) is 3.46. The molecule has 4 rings (SSSR count). The van der Waals surface area contributed by atoms with Gasteiger partial charge in [-0.3, -0.25) is 14.5 Å². The Kier molecular flexibility index (Phi) is 5.73. The van der Waals surface area contributed by atoms with Gasteiger partial charge in [0.15, 0.2) is 11.5 Å². The van der Waals surface area contributed by atoms with Crippen LogP contribution >= 0.6 is 0 Å². The summed E-state index contributed by atoms with van der Waals surface area (Å²) in [6.07, 6.45) is 4.07. The zero-order valence-electron chi connectivity index (χ0n) is 17.9. The van der Waals surface area contributed by atoms with Gasteiger partial charge in [-0.05, 0) is 25.0 Å². The van der Waals surface area contributed by atoms with E-state index >= 15 is 0 Å². The van der Waals surface area contributed by atoms with E-state index in [0.717, 1.165) is 25.2 Å². The summed E-state index contributed by atoms with van der Waals surface area (Å²) < 4.78 is 16.0. The van der Waals surface area contributed by atoms with Crippen molar-refractivity contribution < 1.29 is 9.18 Å². The Hall–Kier alpha value is -3.27. The first-order valence-corrected chi connectivity index (χ1v) is 10.4. The van der Waals surface area contributed by atoms with Crippen molar-refractivity contribution in [3.05, 3.63) is 57.6 Å². The third-order valence-corrected chi connectivity index (χ3v) is 5.64. The van der Waals surface area contributed by atoms with Crippen LogP contribution < -0.4 is 15.8 Å². The number of hydrogen-bond donors (Lipinski definition) is 2. The molecule has 0 bridgehead atoms. The van der Waals surface area contributed by atoms with Crippen molar-refractivity contribution in [1.29, 1.82) is 0 Å². The van der Waals surface area contributed by atoms with Gasteiger partial charge in [-0.2, -0.15) is 5.10 Å². The van der Waals surface area contributed by atoms with E-state index in [1.54, 1.807) is 10.7 Å². The lowest BCUT2D eigenvalue weighted by Crippen LogP contribution is -2.51. The lowest BCUT2D eigenvalue weighted by Gasteiger charge is -2.41. The summed E-state index contributed by atoms with van der Waals surface area (Å²) in [6.45, 7) is 7.01. The summed E-state index contributed by atoms with van der Waals surface area (Å²) >= 11 is 0. The summed E-state index contributed by atoms with van der Waals surface area (Å²) in [4.78, 5) is 34.9. The highest BCUT2D eigenvalue weighted by molar-refractivity contribution is 5.92. The molecule has 1 saturated heterocycles. The second-order valence-electron chi connectivity index (χ2n) is 7.81. The standard InChI is InChI=1S/C21H26FN7O2/c1-4-17-20(30)25-18-7-14(12-29(18)26-17)11-27-5-6-28(13(2)10-27)15-8-16(22)19(24-9-15)21(31)23-3/h7-9,12-13H,4-6,10-11H2,1-3H3,(H,23,31)(H,25,30). The summed E-state index contributed by atoms with van der Waals surface area (Å²) in [5.74, 6) is -1.16. The van der Waals surface area contributed by atoms with Crippen LogP contribution in [0.5, 0.6) is 0 Å². The van der Waals surface area contributed by atoms with Crippen LogP contribution in [0.3, 0.4) is 0 Å². The van der Waals surface area contributed by atoms with Gasteiger partial charge in [0, 0.05) is 51.5 Å². The Bertz CT molecular complexity index is 1170. The number of aryl methyl sites for hydroxylation is 1. The van der Waals surface area contributed by atoms with Gasteiger partial charge < -0.3 is 15.2 Å². The molecule has 1 atom stereocenters. The smallest absolute Gasteiger partial charge is 0.273 e. The Morgan fingerprint density at radius 1 is 1.35 bits per heavy atom. The first kappa shape index (κ1) is 21.0. The quantitative estimate of drug-likeness (QED) is 0.635. The Balaban J connectivity index is 1.45. The molecule has 1 amide bonds. The number of pyridine rings is 1. The fourth-order valence-electron chi connectivity index (χ4n) is 4.05. The van der Waals surface area contributed by atoms with E-state index in [4.69, 9.17) is 0 Å². The third kappa shape index (κ3) is 4.15. The summed E-state index contributed by atoms with van der Waals surface area (Å²) in [5.41, 5.74) is 2.59. The normalized spacial score (nSPS) is 17.3. The molecule has 1 aliphatic rings. The fraction of sp³-hybridized carbons (Fsp3) is 0.429. The number of aromatic amines is 1. The molecule has 4 heterocycles. The molecule has 0 radical (unpaired) electrons. The minimum atomic E-state index is -0.625. The molecular weight excluding hydrogens is 401 g/mol. The van der Waals surface area contributed by atoms with Crippen molar-refractivity contribution in [1.82, 2.24) is 29.8 Å². The van der Waals surface area contributed by atoms with Gasteiger partial charge in [0.2, 0.25) is 0 Å². The summed E-state index contributed by atoms with van der Waals surface area (Å²) in [5, 5.41) is 6.77. The molecule has 31 heavy (non-hydrogen) atoms. The Morgan fingerprint density at radius 3 is 2.84 bits per heavy atom. The minimum Gasteiger partial charge on any atom is -0.365 e. The zero-order valence-corrected chi connectivity index (χ0v) is 17.9. The largest absolute Gasteiger partial charge is 0.365 e. The number of piperazine rings is 1. The number of fused-ring (bicyclic) bond motifs is 1. The maximum Gasteiger partial charge on any atom is 0.273 e. The maximum absolute atomic E-state index is 14.3. The fourth-order valence-corrected chi connectivity index (χ4v) is 4.05. The van der Waals surface area contributed by atoms with Crippen LogP contribution in [0.2, 0.25) is 0 Å². The van der Waals surface area contributed by atoms with Crippen LogP contribution in [0.4, 0.5) is 10.1 Å². The molecule has 1 fully saturated rings. The van der Waals surface area contributed by atoms with Gasteiger partial charge in [-0.1, -0.05) is 6.92 Å². The number of aromatic nitrogens is 4. The van der Waals surface area contributed by atoms with Gasteiger partial charge >= 0.3 is 0 Å². The molecule has 9 nitrogen and oxygen atoms in total. The van der Waals surface area contributed by atoms with Gasteiger partial charge in [0.05, 0.1) is 11.9 Å². The zero-order chi connectivity index (χ0) is 22.1. The van der Waals surface area contributed by atoms with Gasteiger partial charge in [0.25, 0.3) is 11.5 Å². The lowest BCUT2D eigenvalue weighted by molar-refractivity contribution is 0.0953. The monoisotopic (exact) mass is 427 g/mol. The van der Waals surface area contributed by atoms with E-state index in [2.05, 4.69) is 37.1 Å². The highest BCUT2D eigenvalue weighted by Gasteiger charge is 2.26. The number of halogens is 1. The topological polar surface area (TPSA) is 98.6 Å². The molecule has 0 aliphatic carbocycles. The number of carbonyl (C=O) groups is 1. The van der Waals surface area contributed by atoms with Crippen LogP contribution in [0.25, 0.3) is 5.65 Å². The first-order valence-electron chi connectivity index (χ1n) is 10.4. The molecule has 2 N–H and O–H groups in total. The molecule has 0 saturated carbocycles. The van der Waals surface area contributed by atoms with Crippen LogP contribution in [0.15, 0.2) is 29.3 Å². The van der Waals surface area contributed by atoms with Crippen molar-refractivity contribution in [2.24, 2.45) is 0 Å². The van der Waals surface area contributed by atoms with Crippen LogP contribution in [0.1, 0.15) is 35.6 Å². The number of nitrogens with zero attached hydrogens (tertiary/aromatic N) is 5. The molecule has 164 valence electrons.